The number of hydrogen-bond acceptors (Lipinski definition) is 6. The lowest BCUT2D eigenvalue weighted by Crippen LogP contribution is -2.31. The summed E-state index contributed by atoms with van der Waals surface area (Å²) in [4.78, 5) is 27.2. The van der Waals surface area contributed by atoms with Crippen LogP contribution in [0.25, 0.3) is 11.0 Å². The van der Waals surface area contributed by atoms with Gasteiger partial charge in [0.05, 0.1) is 31.8 Å². The van der Waals surface area contributed by atoms with Gasteiger partial charge in [-0.1, -0.05) is 29.8 Å². The molecular weight excluding hydrogens is 488 g/mol. The first-order valence-corrected chi connectivity index (χ1v) is 12.8. The fourth-order valence-corrected chi connectivity index (χ4v) is 4.91. The van der Waals surface area contributed by atoms with Crippen molar-refractivity contribution in [3.05, 3.63) is 83.0 Å². The minimum Gasteiger partial charge on any atom is -0.497 e. The van der Waals surface area contributed by atoms with Crippen molar-refractivity contribution in [2.75, 3.05) is 37.1 Å². The monoisotopic (exact) mass is 516 g/mol. The molecular formula is C29H29ClN4O3. The molecule has 0 unspecified atom stereocenters. The SMILES string of the molecule is COc1ccc(CN(C(=O)c2ccccc2)c2ccc3nc(Cl)c(N4CCCCC4)nc3c2)c(OC)c1. The summed E-state index contributed by atoms with van der Waals surface area (Å²) in [7, 11) is 3.22. The Labute approximate surface area is 221 Å². The topological polar surface area (TPSA) is 67.8 Å². The Morgan fingerprint density at radius 1 is 0.919 bits per heavy atom. The van der Waals surface area contributed by atoms with Crippen molar-refractivity contribution in [2.24, 2.45) is 0 Å². The van der Waals surface area contributed by atoms with Crippen molar-refractivity contribution < 1.29 is 14.3 Å². The van der Waals surface area contributed by atoms with Crippen LogP contribution < -0.4 is 19.3 Å². The van der Waals surface area contributed by atoms with Crippen LogP contribution in [0.5, 0.6) is 11.5 Å². The molecule has 0 radical (unpaired) electrons. The Morgan fingerprint density at radius 3 is 2.43 bits per heavy atom. The van der Waals surface area contributed by atoms with Gasteiger partial charge >= 0.3 is 0 Å². The maximum absolute atomic E-state index is 13.8. The first-order chi connectivity index (χ1) is 18.1. The molecule has 5 rings (SSSR count). The predicted octanol–water partition coefficient (Wildman–Crippen LogP) is 6.14. The second-order valence-corrected chi connectivity index (χ2v) is 9.35. The van der Waals surface area contributed by atoms with E-state index >= 15 is 0 Å². The average Bonchev–Trinajstić information content (AvgIpc) is 2.96. The first kappa shape index (κ1) is 24.8. The van der Waals surface area contributed by atoms with Gasteiger partial charge in [-0.3, -0.25) is 4.79 Å². The number of rotatable bonds is 7. The summed E-state index contributed by atoms with van der Waals surface area (Å²) in [5.74, 6) is 1.90. The third-order valence-corrected chi connectivity index (χ3v) is 6.90. The van der Waals surface area contributed by atoms with Crippen LogP contribution in [0.4, 0.5) is 11.5 Å². The number of benzene rings is 3. The van der Waals surface area contributed by atoms with Crippen LogP contribution in [-0.2, 0) is 6.54 Å². The van der Waals surface area contributed by atoms with Crippen molar-refractivity contribution in [3.8, 4) is 11.5 Å². The fourth-order valence-electron chi connectivity index (χ4n) is 4.66. The molecule has 0 N–H and O–H groups in total. The summed E-state index contributed by atoms with van der Waals surface area (Å²) >= 11 is 6.53. The van der Waals surface area contributed by atoms with E-state index in [1.165, 1.54) is 6.42 Å². The van der Waals surface area contributed by atoms with Gasteiger partial charge in [0, 0.05) is 36.0 Å². The molecule has 1 aliphatic heterocycles. The highest BCUT2D eigenvalue weighted by atomic mass is 35.5. The van der Waals surface area contributed by atoms with E-state index in [4.69, 9.17) is 26.1 Å². The van der Waals surface area contributed by atoms with Crippen LogP contribution in [0.15, 0.2) is 66.7 Å². The number of nitrogens with zero attached hydrogens (tertiary/aromatic N) is 4. The minimum absolute atomic E-state index is 0.129. The maximum Gasteiger partial charge on any atom is 0.258 e. The highest BCUT2D eigenvalue weighted by molar-refractivity contribution is 6.32. The second-order valence-electron chi connectivity index (χ2n) is 8.99. The van der Waals surface area contributed by atoms with Crippen LogP contribution in [0.3, 0.4) is 0 Å². The highest BCUT2D eigenvalue weighted by Gasteiger charge is 2.22. The molecule has 190 valence electrons. The van der Waals surface area contributed by atoms with Crippen LogP contribution in [-0.4, -0.2) is 43.2 Å². The van der Waals surface area contributed by atoms with Crippen molar-refractivity contribution in [3.63, 3.8) is 0 Å². The van der Waals surface area contributed by atoms with Gasteiger partial charge in [0.25, 0.3) is 5.91 Å². The molecule has 3 aromatic carbocycles. The lowest BCUT2D eigenvalue weighted by Gasteiger charge is -2.28. The summed E-state index contributed by atoms with van der Waals surface area (Å²) in [6, 6.07) is 20.5. The van der Waals surface area contributed by atoms with Crippen molar-refractivity contribution >= 4 is 40.0 Å². The Bertz CT molecular complexity index is 1410. The zero-order valence-electron chi connectivity index (χ0n) is 21.0. The van der Waals surface area contributed by atoms with E-state index in [1.54, 1.807) is 19.1 Å². The smallest absolute Gasteiger partial charge is 0.258 e. The Morgan fingerprint density at radius 2 is 1.70 bits per heavy atom. The zero-order valence-corrected chi connectivity index (χ0v) is 21.7. The van der Waals surface area contributed by atoms with E-state index in [0.717, 1.165) is 31.5 Å². The largest absolute Gasteiger partial charge is 0.497 e. The number of fused-ring (bicyclic) bond motifs is 1. The average molecular weight is 517 g/mol. The highest BCUT2D eigenvalue weighted by Crippen LogP contribution is 2.32. The van der Waals surface area contributed by atoms with Crippen LogP contribution in [0.2, 0.25) is 5.15 Å². The molecule has 37 heavy (non-hydrogen) atoms. The Hall–Kier alpha value is -3.84. The first-order valence-electron chi connectivity index (χ1n) is 12.4. The number of methoxy groups -OCH3 is 2. The third kappa shape index (κ3) is 5.32. The molecule has 0 aliphatic carbocycles. The van der Waals surface area contributed by atoms with E-state index in [0.29, 0.717) is 51.3 Å². The molecule has 0 atom stereocenters. The van der Waals surface area contributed by atoms with Gasteiger partial charge in [0.15, 0.2) is 11.0 Å². The maximum atomic E-state index is 13.8. The summed E-state index contributed by atoms with van der Waals surface area (Å²) in [5, 5.41) is 0.405. The summed E-state index contributed by atoms with van der Waals surface area (Å²) in [6.07, 6.45) is 3.43. The third-order valence-electron chi connectivity index (χ3n) is 6.64. The summed E-state index contributed by atoms with van der Waals surface area (Å²) < 4.78 is 11.0. The van der Waals surface area contributed by atoms with E-state index in [2.05, 4.69) is 9.88 Å². The molecule has 8 heteroatoms. The van der Waals surface area contributed by atoms with Gasteiger partial charge in [0.1, 0.15) is 11.5 Å². The number of anilines is 2. The van der Waals surface area contributed by atoms with E-state index < -0.39 is 0 Å². The van der Waals surface area contributed by atoms with Crippen molar-refractivity contribution in [2.45, 2.75) is 25.8 Å². The standard InChI is InChI=1S/C29H29ClN4O3/c1-36-23-13-11-21(26(18-23)37-2)19-34(29(35)20-9-5-3-6-10-20)22-12-14-24-25(17-22)32-28(27(30)31-24)33-15-7-4-8-16-33/h3,5-6,9-14,17-18H,4,7-8,15-16,19H2,1-2H3. The molecule has 4 aromatic rings. The number of piperidine rings is 1. The number of aromatic nitrogens is 2. The zero-order chi connectivity index (χ0) is 25.8. The number of carbonyl (C=O) groups excluding carboxylic acids is 1. The Balaban J connectivity index is 1.57. The quantitative estimate of drug-likeness (QED) is 0.294. The van der Waals surface area contributed by atoms with Gasteiger partial charge < -0.3 is 19.3 Å². The molecule has 1 fully saturated rings. The Kier molecular flexibility index (Phi) is 7.42. The van der Waals surface area contributed by atoms with E-state index in [-0.39, 0.29) is 5.91 Å². The van der Waals surface area contributed by atoms with Crippen molar-refractivity contribution in [1.82, 2.24) is 9.97 Å². The lowest BCUT2D eigenvalue weighted by molar-refractivity contribution is 0.0985. The van der Waals surface area contributed by atoms with Gasteiger partial charge in [0.2, 0.25) is 0 Å². The minimum atomic E-state index is -0.129. The van der Waals surface area contributed by atoms with Crippen LogP contribution >= 0.6 is 11.6 Å². The van der Waals surface area contributed by atoms with E-state index in [1.807, 2.05) is 66.7 Å². The summed E-state index contributed by atoms with van der Waals surface area (Å²) in [6.45, 7) is 2.12. The van der Waals surface area contributed by atoms with Crippen molar-refractivity contribution in [1.29, 1.82) is 0 Å². The van der Waals surface area contributed by atoms with Gasteiger partial charge in [-0.2, -0.15) is 0 Å². The number of hydrogen-bond donors (Lipinski definition) is 0. The molecule has 1 saturated heterocycles. The normalized spacial score (nSPS) is 13.4. The number of ether oxygens (including phenoxy) is 2. The lowest BCUT2D eigenvalue weighted by atomic mass is 10.1. The number of halogens is 1. The molecule has 1 aliphatic rings. The summed E-state index contributed by atoms with van der Waals surface area (Å²) in [5.41, 5.74) is 3.52. The molecule has 2 heterocycles. The van der Waals surface area contributed by atoms with Gasteiger partial charge in [-0.25, -0.2) is 9.97 Å². The fraction of sp³-hybridized carbons (Fsp3) is 0.276. The molecule has 1 aromatic heterocycles. The molecule has 0 spiro atoms. The van der Waals surface area contributed by atoms with E-state index in [9.17, 15) is 4.79 Å². The number of amides is 1. The molecule has 0 saturated carbocycles. The van der Waals surface area contributed by atoms with Crippen LogP contribution in [0, 0.1) is 0 Å². The van der Waals surface area contributed by atoms with Crippen LogP contribution in [0.1, 0.15) is 35.2 Å². The predicted molar refractivity (Wildman–Crippen MR) is 147 cm³/mol. The molecule has 0 bridgehead atoms. The number of carbonyl (C=O) groups is 1. The molecule has 7 nitrogen and oxygen atoms in total. The molecule has 1 amide bonds. The second kappa shape index (κ2) is 11.0. The van der Waals surface area contributed by atoms with Gasteiger partial charge in [-0.15, -0.1) is 0 Å². The van der Waals surface area contributed by atoms with Gasteiger partial charge in [-0.05, 0) is 61.7 Å².